The first kappa shape index (κ1) is 10.7. The highest BCUT2D eigenvalue weighted by atomic mass is 16.3. The van der Waals surface area contributed by atoms with E-state index in [0.717, 1.165) is 13.1 Å². The van der Waals surface area contributed by atoms with E-state index in [1.165, 1.54) is 31.2 Å². The van der Waals surface area contributed by atoms with Crippen LogP contribution in [0.25, 0.3) is 0 Å². The van der Waals surface area contributed by atoms with Crippen LogP contribution in [0.1, 0.15) is 31.2 Å². The second-order valence-electron chi connectivity index (χ2n) is 4.40. The molecule has 0 spiro atoms. The summed E-state index contributed by atoms with van der Waals surface area (Å²) in [6.07, 6.45) is 8.73. The SMILES string of the molecule is NCC1CCCCC1NCc1ccoc1. The Morgan fingerprint density at radius 2 is 2.27 bits per heavy atom. The highest BCUT2D eigenvalue weighted by Gasteiger charge is 2.23. The lowest BCUT2D eigenvalue weighted by Crippen LogP contribution is -2.41. The van der Waals surface area contributed by atoms with Crippen LogP contribution >= 0.6 is 0 Å². The van der Waals surface area contributed by atoms with Crippen molar-refractivity contribution in [2.45, 2.75) is 38.3 Å². The van der Waals surface area contributed by atoms with E-state index in [4.69, 9.17) is 10.2 Å². The third-order valence-electron chi connectivity index (χ3n) is 3.36. The lowest BCUT2D eigenvalue weighted by molar-refractivity contribution is 0.266. The number of hydrogen-bond donors (Lipinski definition) is 2. The smallest absolute Gasteiger partial charge is 0.0947 e. The van der Waals surface area contributed by atoms with Crippen molar-refractivity contribution in [1.29, 1.82) is 0 Å². The molecular formula is C12H20N2O. The molecule has 3 heteroatoms. The summed E-state index contributed by atoms with van der Waals surface area (Å²) in [7, 11) is 0. The standard InChI is InChI=1S/C12H20N2O/c13-7-11-3-1-2-4-12(11)14-8-10-5-6-15-9-10/h5-6,9,11-12,14H,1-4,7-8,13H2. The molecule has 84 valence electrons. The van der Waals surface area contributed by atoms with Crippen LogP contribution in [-0.2, 0) is 6.54 Å². The van der Waals surface area contributed by atoms with Crippen molar-refractivity contribution in [2.24, 2.45) is 11.7 Å². The lowest BCUT2D eigenvalue weighted by Gasteiger charge is -2.31. The Kier molecular flexibility index (Phi) is 3.80. The molecule has 0 aliphatic heterocycles. The Morgan fingerprint density at radius 3 is 3.00 bits per heavy atom. The van der Waals surface area contributed by atoms with Crippen LogP contribution in [0.15, 0.2) is 23.0 Å². The first-order valence-electron chi connectivity index (χ1n) is 5.84. The Labute approximate surface area is 91.0 Å². The van der Waals surface area contributed by atoms with Gasteiger partial charge in [-0.25, -0.2) is 0 Å². The molecular weight excluding hydrogens is 188 g/mol. The van der Waals surface area contributed by atoms with Crippen LogP contribution in [0.2, 0.25) is 0 Å². The zero-order chi connectivity index (χ0) is 10.5. The van der Waals surface area contributed by atoms with Gasteiger partial charge in [0.05, 0.1) is 12.5 Å². The molecule has 1 saturated carbocycles. The molecule has 1 aliphatic rings. The molecule has 0 bridgehead atoms. The van der Waals surface area contributed by atoms with Gasteiger partial charge in [0, 0.05) is 18.2 Å². The molecule has 3 nitrogen and oxygen atoms in total. The summed E-state index contributed by atoms with van der Waals surface area (Å²) in [6.45, 7) is 1.71. The minimum atomic E-state index is 0.596. The van der Waals surface area contributed by atoms with E-state index in [1.54, 1.807) is 12.5 Å². The Balaban J connectivity index is 1.81. The van der Waals surface area contributed by atoms with E-state index >= 15 is 0 Å². The number of hydrogen-bond acceptors (Lipinski definition) is 3. The van der Waals surface area contributed by atoms with Gasteiger partial charge >= 0.3 is 0 Å². The first-order chi connectivity index (χ1) is 7.40. The van der Waals surface area contributed by atoms with E-state index < -0.39 is 0 Å². The third-order valence-corrected chi connectivity index (χ3v) is 3.36. The summed E-state index contributed by atoms with van der Waals surface area (Å²) in [6, 6.07) is 2.60. The van der Waals surface area contributed by atoms with Gasteiger partial charge in [0.2, 0.25) is 0 Å². The summed E-state index contributed by atoms with van der Waals surface area (Å²) in [5.41, 5.74) is 7.00. The van der Waals surface area contributed by atoms with Crippen molar-refractivity contribution >= 4 is 0 Å². The van der Waals surface area contributed by atoms with Gasteiger partial charge in [-0.15, -0.1) is 0 Å². The van der Waals surface area contributed by atoms with Gasteiger partial charge in [0.1, 0.15) is 0 Å². The van der Waals surface area contributed by atoms with Crippen LogP contribution in [0.4, 0.5) is 0 Å². The third kappa shape index (κ3) is 2.83. The zero-order valence-corrected chi connectivity index (χ0v) is 9.11. The summed E-state index contributed by atoms with van der Waals surface area (Å²) >= 11 is 0. The molecule has 2 rings (SSSR count). The Bertz CT molecular complexity index is 271. The fourth-order valence-corrected chi connectivity index (χ4v) is 2.40. The van der Waals surface area contributed by atoms with E-state index in [2.05, 4.69) is 5.32 Å². The van der Waals surface area contributed by atoms with Gasteiger partial charge in [-0.05, 0) is 31.4 Å². The molecule has 0 saturated heterocycles. The van der Waals surface area contributed by atoms with Crippen molar-refractivity contribution in [3.8, 4) is 0 Å². The molecule has 0 aromatic carbocycles. The van der Waals surface area contributed by atoms with Crippen molar-refractivity contribution in [1.82, 2.24) is 5.32 Å². The molecule has 2 atom stereocenters. The maximum absolute atomic E-state index is 5.78. The van der Waals surface area contributed by atoms with Crippen LogP contribution in [0.5, 0.6) is 0 Å². The van der Waals surface area contributed by atoms with Gasteiger partial charge in [0.15, 0.2) is 0 Å². The van der Waals surface area contributed by atoms with E-state index in [1.807, 2.05) is 6.07 Å². The fraction of sp³-hybridized carbons (Fsp3) is 0.667. The van der Waals surface area contributed by atoms with Crippen molar-refractivity contribution < 1.29 is 4.42 Å². The highest BCUT2D eigenvalue weighted by molar-refractivity contribution is 5.05. The van der Waals surface area contributed by atoms with Gasteiger partial charge in [0.25, 0.3) is 0 Å². The van der Waals surface area contributed by atoms with E-state index in [-0.39, 0.29) is 0 Å². The molecule has 15 heavy (non-hydrogen) atoms. The average molecular weight is 208 g/mol. The van der Waals surface area contributed by atoms with Crippen LogP contribution in [-0.4, -0.2) is 12.6 Å². The maximum atomic E-state index is 5.78. The molecule has 3 N–H and O–H groups in total. The summed E-state index contributed by atoms with van der Waals surface area (Å²) in [4.78, 5) is 0. The maximum Gasteiger partial charge on any atom is 0.0947 e. The minimum absolute atomic E-state index is 0.596. The van der Waals surface area contributed by atoms with Gasteiger partial charge in [-0.1, -0.05) is 12.8 Å². The summed E-state index contributed by atoms with van der Waals surface area (Å²) in [5, 5.41) is 3.58. The fourth-order valence-electron chi connectivity index (χ4n) is 2.40. The quantitative estimate of drug-likeness (QED) is 0.794. The number of rotatable bonds is 4. The lowest BCUT2D eigenvalue weighted by atomic mass is 9.84. The Hall–Kier alpha value is -0.800. The van der Waals surface area contributed by atoms with Gasteiger partial charge in [-0.2, -0.15) is 0 Å². The Morgan fingerprint density at radius 1 is 1.40 bits per heavy atom. The van der Waals surface area contributed by atoms with Gasteiger partial charge < -0.3 is 15.5 Å². The normalized spacial score (nSPS) is 26.7. The molecule has 1 aromatic heterocycles. The highest BCUT2D eigenvalue weighted by Crippen LogP contribution is 2.23. The first-order valence-corrected chi connectivity index (χ1v) is 5.84. The number of nitrogens with two attached hydrogens (primary N) is 1. The largest absolute Gasteiger partial charge is 0.472 e. The average Bonchev–Trinajstić information content (AvgIpc) is 2.79. The van der Waals surface area contributed by atoms with Crippen molar-refractivity contribution in [3.05, 3.63) is 24.2 Å². The van der Waals surface area contributed by atoms with E-state index in [0.29, 0.717) is 12.0 Å². The molecule has 0 amide bonds. The predicted octanol–water partition coefficient (Wildman–Crippen LogP) is 1.89. The molecule has 0 radical (unpaired) electrons. The van der Waals surface area contributed by atoms with E-state index in [9.17, 15) is 0 Å². The van der Waals surface area contributed by atoms with Crippen LogP contribution in [0, 0.1) is 5.92 Å². The van der Waals surface area contributed by atoms with Crippen LogP contribution < -0.4 is 11.1 Å². The number of nitrogens with one attached hydrogen (secondary N) is 1. The molecule has 1 fully saturated rings. The summed E-state index contributed by atoms with van der Waals surface area (Å²) < 4.78 is 5.04. The second-order valence-corrected chi connectivity index (χ2v) is 4.40. The monoisotopic (exact) mass is 208 g/mol. The van der Waals surface area contributed by atoms with Crippen LogP contribution in [0.3, 0.4) is 0 Å². The molecule has 1 heterocycles. The minimum Gasteiger partial charge on any atom is -0.472 e. The topological polar surface area (TPSA) is 51.2 Å². The molecule has 2 unspecified atom stereocenters. The van der Waals surface area contributed by atoms with Crippen molar-refractivity contribution in [2.75, 3.05) is 6.54 Å². The molecule has 1 aromatic rings. The second kappa shape index (κ2) is 5.33. The van der Waals surface area contributed by atoms with Gasteiger partial charge in [-0.3, -0.25) is 0 Å². The zero-order valence-electron chi connectivity index (χ0n) is 9.11. The predicted molar refractivity (Wildman–Crippen MR) is 60.3 cm³/mol. The van der Waals surface area contributed by atoms with Crippen molar-refractivity contribution in [3.63, 3.8) is 0 Å². The number of furan rings is 1. The summed E-state index contributed by atoms with van der Waals surface area (Å²) in [5.74, 6) is 0.658. The molecule has 1 aliphatic carbocycles.